The Morgan fingerprint density at radius 1 is 1.50 bits per heavy atom. The normalized spacial score (nSPS) is 24.1. The average molecular weight is 168 g/mol. The van der Waals surface area contributed by atoms with E-state index in [0.717, 1.165) is 0 Å². The molecule has 1 unspecified atom stereocenters. The van der Waals surface area contributed by atoms with E-state index in [1.165, 1.54) is 6.08 Å². The minimum Gasteiger partial charge on any atom is -0.396 e. The molecule has 1 aliphatic carbocycles. The third-order valence-corrected chi connectivity index (χ3v) is 1.97. The van der Waals surface area contributed by atoms with Gasteiger partial charge in [-0.25, -0.2) is 0 Å². The fraction of sp³-hybridized carbons (Fsp3) is 0.500. The summed E-state index contributed by atoms with van der Waals surface area (Å²) in [6.45, 7) is 0.343. The maximum Gasteiger partial charge on any atom is 0.188 e. The third-order valence-electron chi connectivity index (χ3n) is 1.97. The number of nitrogens with two attached hydrogens (primary N) is 2. The molecule has 4 heteroatoms. The lowest BCUT2D eigenvalue weighted by molar-refractivity contribution is -0.131. The maximum atomic E-state index is 11.3. The highest BCUT2D eigenvalue weighted by Gasteiger charge is 2.29. The first-order valence-electron chi connectivity index (χ1n) is 3.89. The summed E-state index contributed by atoms with van der Waals surface area (Å²) in [6.07, 6.45) is 2.14. The third kappa shape index (κ3) is 1.53. The summed E-state index contributed by atoms with van der Waals surface area (Å²) in [5, 5.41) is 0. The van der Waals surface area contributed by atoms with E-state index in [2.05, 4.69) is 0 Å². The van der Waals surface area contributed by atoms with E-state index in [1.807, 2.05) is 0 Å². The van der Waals surface area contributed by atoms with E-state index in [1.54, 1.807) is 0 Å². The van der Waals surface area contributed by atoms with Crippen molar-refractivity contribution in [2.45, 2.75) is 12.8 Å². The predicted molar refractivity (Wildman–Crippen MR) is 44.1 cm³/mol. The van der Waals surface area contributed by atoms with Gasteiger partial charge in [-0.05, 0) is 13.0 Å². The van der Waals surface area contributed by atoms with E-state index >= 15 is 0 Å². The molecule has 0 saturated carbocycles. The quantitative estimate of drug-likeness (QED) is 0.536. The minimum absolute atomic E-state index is 0.0698. The van der Waals surface area contributed by atoms with Crippen LogP contribution in [0.4, 0.5) is 0 Å². The Morgan fingerprint density at radius 3 is 2.75 bits per heavy atom. The first-order chi connectivity index (χ1) is 5.66. The summed E-state index contributed by atoms with van der Waals surface area (Å²) in [6, 6.07) is 0. The van der Waals surface area contributed by atoms with Crippen LogP contribution in [0.2, 0.25) is 0 Å². The molecule has 1 atom stereocenters. The van der Waals surface area contributed by atoms with Gasteiger partial charge in [-0.3, -0.25) is 9.59 Å². The van der Waals surface area contributed by atoms with Gasteiger partial charge in [0.25, 0.3) is 0 Å². The molecule has 4 N–H and O–H groups in total. The molecule has 12 heavy (non-hydrogen) atoms. The summed E-state index contributed by atoms with van der Waals surface area (Å²) in [5.41, 5.74) is 10.8. The second-order valence-electron chi connectivity index (χ2n) is 2.82. The van der Waals surface area contributed by atoms with E-state index in [4.69, 9.17) is 11.5 Å². The standard InChI is InChI=1S/C8H12N2O2/c9-4-3-5-7(11)2-1-6(10)8(5)12/h1,5H,2-4,9-10H2. The molecular formula is C8H12N2O2. The average Bonchev–Trinajstić information content (AvgIpc) is 2.06. The van der Waals surface area contributed by atoms with Crippen LogP contribution in [-0.2, 0) is 9.59 Å². The lowest BCUT2D eigenvalue weighted by Crippen LogP contribution is -2.33. The number of hydrogen-bond donors (Lipinski definition) is 2. The largest absolute Gasteiger partial charge is 0.396 e. The zero-order valence-corrected chi connectivity index (χ0v) is 6.75. The highest BCUT2D eigenvalue weighted by Crippen LogP contribution is 2.16. The van der Waals surface area contributed by atoms with Gasteiger partial charge < -0.3 is 11.5 Å². The Kier molecular flexibility index (Phi) is 2.60. The molecule has 1 aliphatic rings. The Labute approximate surface area is 70.6 Å². The van der Waals surface area contributed by atoms with Crippen molar-refractivity contribution in [3.05, 3.63) is 11.8 Å². The van der Waals surface area contributed by atoms with Gasteiger partial charge in [0.1, 0.15) is 5.78 Å². The zero-order valence-electron chi connectivity index (χ0n) is 6.75. The fourth-order valence-corrected chi connectivity index (χ4v) is 1.26. The molecule has 0 amide bonds. The van der Waals surface area contributed by atoms with Gasteiger partial charge in [-0.15, -0.1) is 0 Å². The first-order valence-corrected chi connectivity index (χ1v) is 3.89. The van der Waals surface area contributed by atoms with Crippen LogP contribution < -0.4 is 11.5 Å². The number of rotatable bonds is 2. The van der Waals surface area contributed by atoms with Crippen LogP contribution in [0, 0.1) is 5.92 Å². The summed E-state index contributed by atoms with van der Waals surface area (Å²) < 4.78 is 0. The summed E-state index contributed by atoms with van der Waals surface area (Å²) in [4.78, 5) is 22.4. The molecule has 0 aromatic heterocycles. The lowest BCUT2D eigenvalue weighted by atomic mass is 9.87. The van der Waals surface area contributed by atoms with Gasteiger partial charge in [0.2, 0.25) is 0 Å². The van der Waals surface area contributed by atoms with Crippen LogP contribution in [0.3, 0.4) is 0 Å². The van der Waals surface area contributed by atoms with E-state index in [9.17, 15) is 9.59 Å². The van der Waals surface area contributed by atoms with Crippen molar-refractivity contribution in [1.82, 2.24) is 0 Å². The number of carbonyl (C=O) groups is 2. The van der Waals surface area contributed by atoms with Gasteiger partial charge in [0.05, 0.1) is 11.6 Å². The van der Waals surface area contributed by atoms with Crippen LogP contribution >= 0.6 is 0 Å². The van der Waals surface area contributed by atoms with E-state index in [-0.39, 0.29) is 23.7 Å². The molecule has 0 aromatic carbocycles. The number of Topliss-reactive ketones (excluding diaryl/α,β-unsaturated/α-hetero) is 2. The van der Waals surface area contributed by atoms with Gasteiger partial charge in [0.15, 0.2) is 5.78 Å². The topological polar surface area (TPSA) is 86.2 Å². The SMILES string of the molecule is NCCC1C(=O)CC=C(N)C1=O. The predicted octanol–water partition coefficient (Wildman–Crippen LogP) is -0.664. The van der Waals surface area contributed by atoms with E-state index in [0.29, 0.717) is 13.0 Å². The number of allylic oxidation sites excluding steroid dienone is 2. The summed E-state index contributed by atoms with van der Waals surface area (Å²) in [5.74, 6) is -0.920. The zero-order chi connectivity index (χ0) is 9.14. The van der Waals surface area contributed by atoms with Crippen molar-refractivity contribution in [2.75, 3.05) is 6.54 Å². The van der Waals surface area contributed by atoms with E-state index < -0.39 is 5.92 Å². The monoisotopic (exact) mass is 168 g/mol. The van der Waals surface area contributed by atoms with Crippen molar-refractivity contribution < 1.29 is 9.59 Å². The van der Waals surface area contributed by atoms with Gasteiger partial charge in [-0.1, -0.05) is 6.08 Å². The smallest absolute Gasteiger partial charge is 0.188 e. The molecule has 0 radical (unpaired) electrons. The van der Waals surface area contributed by atoms with Crippen molar-refractivity contribution >= 4 is 11.6 Å². The second-order valence-corrected chi connectivity index (χ2v) is 2.82. The molecule has 0 heterocycles. The minimum atomic E-state index is -0.583. The molecule has 1 rings (SSSR count). The van der Waals surface area contributed by atoms with Gasteiger partial charge in [0, 0.05) is 6.42 Å². The first kappa shape index (κ1) is 8.93. The molecule has 0 aliphatic heterocycles. The number of carbonyl (C=O) groups excluding carboxylic acids is 2. The number of hydrogen-bond acceptors (Lipinski definition) is 4. The fourth-order valence-electron chi connectivity index (χ4n) is 1.26. The Morgan fingerprint density at radius 2 is 2.17 bits per heavy atom. The molecule has 66 valence electrons. The number of ketones is 2. The Hall–Kier alpha value is -1.16. The maximum absolute atomic E-state index is 11.3. The molecule has 0 aromatic rings. The highest BCUT2D eigenvalue weighted by atomic mass is 16.2. The Bertz CT molecular complexity index is 245. The molecule has 0 spiro atoms. The van der Waals surface area contributed by atoms with Crippen LogP contribution in [0.5, 0.6) is 0 Å². The lowest BCUT2D eigenvalue weighted by Gasteiger charge is -2.16. The van der Waals surface area contributed by atoms with Gasteiger partial charge >= 0.3 is 0 Å². The van der Waals surface area contributed by atoms with Gasteiger partial charge in [-0.2, -0.15) is 0 Å². The molecule has 0 saturated heterocycles. The van der Waals surface area contributed by atoms with Crippen LogP contribution in [0.1, 0.15) is 12.8 Å². The van der Waals surface area contributed by atoms with Crippen LogP contribution in [-0.4, -0.2) is 18.1 Å². The summed E-state index contributed by atoms with van der Waals surface area (Å²) >= 11 is 0. The van der Waals surface area contributed by atoms with Crippen LogP contribution in [0.15, 0.2) is 11.8 Å². The second kappa shape index (κ2) is 3.49. The van der Waals surface area contributed by atoms with Crippen molar-refractivity contribution in [1.29, 1.82) is 0 Å². The van der Waals surface area contributed by atoms with Crippen molar-refractivity contribution in [3.63, 3.8) is 0 Å². The molecular weight excluding hydrogens is 156 g/mol. The molecule has 0 fully saturated rings. The Balaban J connectivity index is 2.78. The summed E-state index contributed by atoms with van der Waals surface area (Å²) in [7, 11) is 0. The molecule has 4 nitrogen and oxygen atoms in total. The van der Waals surface area contributed by atoms with Crippen molar-refractivity contribution in [2.24, 2.45) is 17.4 Å². The highest BCUT2D eigenvalue weighted by molar-refractivity contribution is 6.12. The molecule has 0 bridgehead atoms. The van der Waals surface area contributed by atoms with Crippen LogP contribution in [0.25, 0.3) is 0 Å². The van der Waals surface area contributed by atoms with Crippen molar-refractivity contribution in [3.8, 4) is 0 Å².